The van der Waals surface area contributed by atoms with Crippen molar-refractivity contribution in [3.8, 4) is 11.3 Å². The van der Waals surface area contributed by atoms with Crippen molar-refractivity contribution in [3.05, 3.63) is 83.6 Å². The van der Waals surface area contributed by atoms with Crippen LogP contribution in [0, 0.1) is 0 Å². The van der Waals surface area contributed by atoms with Gasteiger partial charge in [0, 0.05) is 33.9 Å². The van der Waals surface area contributed by atoms with Crippen molar-refractivity contribution in [1.29, 1.82) is 0 Å². The van der Waals surface area contributed by atoms with E-state index < -0.39 is 0 Å². The van der Waals surface area contributed by atoms with E-state index in [9.17, 15) is 0 Å². The van der Waals surface area contributed by atoms with Gasteiger partial charge in [-0.3, -0.25) is 4.98 Å². The number of halogens is 1. The van der Waals surface area contributed by atoms with Crippen molar-refractivity contribution in [2.45, 2.75) is 6.92 Å². The van der Waals surface area contributed by atoms with E-state index in [1.54, 1.807) is 12.4 Å². The van der Waals surface area contributed by atoms with Crippen molar-refractivity contribution in [1.82, 2.24) is 15.0 Å². The number of hydrogen-bond acceptors (Lipinski definition) is 5. The monoisotopic (exact) mass is 373 g/mol. The summed E-state index contributed by atoms with van der Waals surface area (Å²) in [6.07, 6.45) is 3.47. The first-order valence-corrected chi connectivity index (χ1v) is 8.82. The molecule has 0 aliphatic heterocycles. The molecule has 0 fully saturated rings. The van der Waals surface area contributed by atoms with E-state index in [1.165, 1.54) is 0 Å². The van der Waals surface area contributed by atoms with Gasteiger partial charge in [-0.15, -0.1) is 0 Å². The van der Waals surface area contributed by atoms with Gasteiger partial charge >= 0.3 is 0 Å². The molecule has 6 heteroatoms. The highest BCUT2D eigenvalue weighted by Gasteiger charge is 2.10. The molecule has 2 aromatic carbocycles. The van der Waals surface area contributed by atoms with E-state index in [-0.39, 0.29) is 0 Å². The molecule has 0 aliphatic rings. The average molecular weight is 374 g/mol. The quantitative estimate of drug-likeness (QED) is 0.395. The molecule has 0 spiro atoms. The van der Waals surface area contributed by atoms with Gasteiger partial charge in [0.25, 0.3) is 0 Å². The summed E-state index contributed by atoms with van der Waals surface area (Å²) in [5, 5.41) is 5.96. The highest BCUT2D eigenvalue weighted by Crippen LogP contribution is 2.29. The summed E-state index contributed by atoms with van der Waals surface area (Å²) in [6, 6.07) is 19.3. The third-order valence-corrected chi connectivity index (χ3v) is 4.36. The molecule has 0 aliphatic carbocycles. The maximum atomic E-state index is 6.19. The van der Waals surface area contributed by atoms with E-state index in [2.05, 4.69) is 25.5 Å². The van der Waals surface area contributed by atoms with Crippen LogP contribution >= 0.6 is 11.6 Å². The van der Waals surface area contributed by atoms with Crippen LogP contribution in [0.1, 0.15) is 12.5 Å². The Bertz CT molecular complexity index is 1110. The van der Waals surface area contributed by atoms with Crippen LogP contribution in [0.5, 0.6) is 0 Å². The topological polar surface area (TPSA) is 63.1 Å². The lowest BCUT2D eigenvalue weighted by molar-refractivity contribution is 1.15. The lowest BCUT2D eigenvalue weighted by Crippen LogP contribution is -2.03. The summed E-state index contributed by atoms with van der Waals surface area (Å²) < 4.78 is 0. The number of hydrogen-bond donors (Lipinski definition) is 1. The second-order valence-corrected chi connectivity index (χ2v) is 6.40. The maximum Gasteiger partial charge on any atom is 0.244 e. The maximum absolute atomic E-state index is 6.19. The van der Waals surface area contributed by atoms with E-state index in [0.29, 0.717) is 11.0 Å². The third-order valence-electron chi connectivity index (χ3n) is 4.13. The molecule has 0 radical (unpaired) electrons. The molecule has 0 unspecified atom stereocenters. The van der Waals surface area contributed by atoms with Gasteiger partial charge in [0.05, 0.1) is 16.9 Å². The Balaban J connectivity index is 1.77. The van der Waals surface area contributed by atoms with Crippen molar-refractivity contribution in [2.24, 2.45) is 5.10 Å². The van der Waals surface area contributed by atoms with Gasteiger partial charge in [-0.05, 0) is 37.3 Å². The Labute approximate surface area is 161 Å². The third kappa shape index (κ3) is 3.78. The molecule has 4 aromatic rings. The Morgan fingerprint density at radius 2 is 1.74 bits per heavy atom. The summed E-state index contributed by atoms with van der Waals surface area (Å²) >= 11 is 6.19. The molecule has 1 N–H and O–H groups in total. The summed E-state index contributed by atoms with van der Waals surface area (Å²) in [7, 11) is 0. The molecule has 27 heavy (non-hydrogen) atoms. The van der Waals surface area contributed by atoms with Gasteiger partial charge < -0.3 is 0 Å². The van der Waals surface area contributed by atoms with Gasteiger partial charge in [-0.2, -0.15) is 5.10 Å². The van der Waals surface area contributed by atoms with E-state index >= 15 is 0 Å². The zero-order valence-corrected chi connectivity index (χ0v) is 15.4. The first kappa shape index (κ1) is 17.1. The minimum absolute atomic E-state index is 0.428. The number of rotatable bonds is 4. The fraction of sp³-hybridized carbons (Fsp3) is 0.0476. The van der Waals surface area contributed by atoms with Gasteiger partial charge in [0.15, 0.2) is 0 Å². The Hall–Kier alpha value is -3.31. The van der Waals surface area contributed by atoms with E-state index in [4.69, 9.17) is 11.6 Å². The molecule has 5 nitrogen and oxygen atoms in total. The fourth-order valence-corrected chi connectivity index (χ4v) is 2.93. The SMILES string of the molecule is C/C(=N/Nc1nc(-c2ccccc2)c2cc(Cl)ccc2n1)c1ccncc1. The molecule has 4 rings (SSSR count). The van der Waals surface area contributed by atoms with Gasteiger partial charge in [-0.25, -0.2) is 15.4 Å². The molecule has 0 atom stereocenters. The largest absolute Gasteiger partial charge is 0.265 e. The molecular weight excluding hydrogens is 358 g/mol. The van der Waals surface area contributed by atoms with Crippen molar-refractivity contribution in [3.63, 3.8) is 0 Å². The molecule has 132 valence electrons. The Kier molecular flexibility index (Phi) is 4.77. The minimum atomic E-state index is 0.428. The van der Waals surface area contributed by atoms with Gasteiger partial charge in [-0.1, -0.05) is 41.9 Å². The number of anilines is 1. The highest BCUT2D eigenvalue weighted by atomic mass is 35.5. The number of nitrogens with zero attached hydrogens (tertiary/aromatic N) is 4. The first-order valence-electron chi connectivity index (χ1n) is 8.44. The molecule has 0 saturated carbocycles. The van der Waals surface area contributed by atoms with Crippen LogP contribution in [0.4, 0.5) is 5.95 Å². The lowest BCUT2D eigenvalue weighted by Gasteiger charge is -2.09. The van der Waals surface area contributed by atoms with Crippen LogP contribution in [0.3, 0.4) is 0 Å². The number of benzene rings is 2. The van der Waals surface area contributed by atoms with Gasteiger partial charge in [0.2, 0.25) is 5.95 Å². The minimum Gasteiger partial charge on any atom is -0.265 e. The van der Waals surface area contributed by atoms with Crippen LogP contribution in [0.25, 0.3) is 22.2 Å². The smallest absolute Gasteiger partial charge is 0.244 e. The summed E-state index contributed by atoms with van der Waals surface area (Å²) in [5.41, 5.74) is 7.37. The van der Waals surface area contributed by atoms with E-state index in [0.717, 1.165) is 33.4 Å². The van der Waals surface area contributed by atoms with Crippen LogP contribution in [-0.4, -0.2) is 20.7 Å². The second kappa shape index (κ2) is 7.51. The first-order chi connectivity index (χ1) is 13.2. The summed E-state index contributed by atoms with van der Waals surface area (Å²) in [5.74, 6) is 0.428. The molecule has 2 heterocycles. The van der Waals surface area contributed by atoms with Crippen LogP contribution < -0.4 is 5.43 Å². The molecule has 0 amide bonds. The van der Waals surface area contributed by atoms with E-state index in [1.807, 2.05) is 67.6 Å². The number of hydrazone groups is 1. The number of aromatic nitrogens is 3. The number of pyridine rings is 1. The van der Waals surface area contributed by atoms with Crippen LogP contribution in [-0.2, 0) is 0 Å². The van der Waals surface area contributed by atoms with Crippen molar-refractivity contribution < 1.29 is 0 Å². The molecule has 0 bridgehead atoms. The van der Waals surface area contributed by atoms with Crippen LogP contribution in [0.2, 0.25) is 5.02 Å². The zero-order chi connectivity index (χ0) is 18.6. The number of nitrogens with one attached hydrogen (secondary N) is 1. The van der Waals surface area contributed by atoms with Crippen molar-refractivity contribution >= 4 is 34.2 Å². The lowest BCUT2D eigenvalue weighted by atomic mass is 10.1. The Morgan fingerprint density at radius 1 is 0.963 bits per heavy atom. The van der Waals surface area contributed by atoms with Crippen LogP contribution in [0.15, 0.2) is 78.2 Å². The zero-order valence-electron chi connectivity index (χ0n) is 14.6. The van der Waals surface area contributed by atoms with Gasteiger partial charge in [0.1, 0.15) is 0 Å². The van der Waals surface area contributed by atoms with Crippen molar-refractivity contribution in [2.75, 3.05) is 5.43 Å². The predicted octanol–water partition coefficient (Wildman–Crippen LogP) is 5.18. The second-order valence-electron chi connectivity index (χ2n) is 5.97. The summed E-state index contributed by atoms with van der Waals surface area (Å²) in [4.78, 5) is 13.3. The standard InChI is InChI=1S/C21H16ClN5/c1-14(15-9-11-23-12-10-15)26-27-21-24-19-8-7-17(22)13-18(19)20(25-21)16-5-3-2-4-6-16/h2-13H,1H3,(H,24,25,27)/b26-14-. The molecule has 2 aromatic heterocycles. The Morgan fingerprint density at radius 3 is 2.52 bits per heavy atom. The predicted molar refractivity (Wildman–Crippen MR) is 110 cm³/mol. The molecular formula is C21H16ClN5. The summed E-state index contributed by atoms with van der Waals surface area (Å²) in [6.45, 7) is 1.92. The number of fused-ring (bicyclic) bond motifs is 1. The average Bonchev–Trinajstić information content (AvgIpc) is 2.73. The normalized spacial score (nSPS) is 11.6. The highest BCUT2D eigenvalue weighted by molar-refractivity contribution is 6.31. The molecule has 0 saturated heterocycles. The fourth-order valence-electron chi connectivity index (χ4n) is 2.76.